The molecule has 6 aromatic carbocycles. The lowest BCUT2D eigenvalue weighted by Crippen LogP contribution is -2.31. The molecular formula is C56H50Cl2F2N6O8S2. The molecule has 2 aliphatic carbocycles. The number of benzene rings is 6. The van der Waals surface area contributed by atoms with Gasteiger partial charge in [-0.25, -0.2) is 35.0 Å². The number of carbonyl (C=O) groups excluding carboxylic acids is 2. The van der Waals surface area contributed by atoms with Crippen LogP contribution >= 0.6 is 23.2 Å². The third-order valence-corrected chi connectivity index (χ3v) is 16.8. The van der Waals surface area contributed by atoms with Crippen molar-refractivity contribution in [3.05, 3.63) is 178 Å². The van der Waals surface area contributed by atoms with E-state index < -0.39 is 67.7 Å². The number of fused-ring (bicyclic) bond motifs is 4. The number of aryl methyl sites for hydroxylation is 2. The number of methoxy groups -OCH3 is 2. The van der Waals surface area contributed by atoms with Gasteiger partial charge in [0, 0.05) is 21.2 Å². The number of halogens is 4. The summed E-state index contributed by atoms with van der Waals surface area (Å²) in [5.74, 6) is -4.30. The van der Waals surface area contributed by atoms with Crippen LogP contribution in [0, 0.1) is 0 Å². The molecule has 392 valence electrons. The molecule has 0 spiro atoms. The number of aromatic nitrogens is 4. The highest BCUT2D eigenvalue weighted by Crippen LogP contribution is 2.38. The predicted molar refractivity (Wildman–Crippen MR) is 290 cm³/mol. The van der Waals surface area contributed by atoms with Crippen LogP contribution in [-0.2, 0) is 42.1 Å². The van der Waals surface area contributed by atoms with Crippen molar-refractivity contribution >= 4 is 87.4 Å². The fraction of sp³-hybridized carbons (Fsp3) is 0.214. The van der Waals surface area contributed by atoms with Gasteiger partial charge in [-0.1, -0.05) is 83.9 Å². The Labute approximate surface area is 447 Å². The van der Waals surface area contributed by atoms with Crippen molar-refractivity contribution in [2.45, 2.75) is 48.3 Å². The molecule has 2 amide bonds. The zero-order valence-corrected chi connectivity index (χ0v) is 44.3. The van der Waals surface area contributed by atoms with Crippen LogP contribution in [0.5, 0.6) is 11.5 Å². The van der Waals surface area contributed by atoms with E-state index in [4.69, 9.17) is 32.7 Å². The molecule has 2 N–H and O–H groups in total. The second kappa shape index (κ2) is 22.8. The molecule has 76 heavy (non-hydrogen) atoms. The Kier molecular flexibility index (Phi) is 16.1. The highest BCUT2D eigenvalue weighted by atomic mass is 35.5. The minimum atomic E-state index is -4.07. The number of allylic oxidation sites excluding steroid dienone is 2. The lowest BCUT2D eigenvalue weighted by atomic mass is 9.92. The first-order chi connectivity index (χ1) is 36.5. The highest BCUT2D eigenvalue weighted by Gasteiger charge is 2.29. The fourth-order valence-electron chi connectivity index (χ4n) is 9.41. The molecule has 14 nitrogen and oxygen atoms in total. The lowest BCUT2D eigenvalue weighted by molar-refractivity contribution is -0.119. The first-order valence-corrected chi connectivity index (χ1v) is 28.1. The van der Waals surface area contributed by atoms with Crippen molar-refractivity contribution in [2.24, 2.45) is 0 Å². The van der Waals surface area contributed by atoms with Crippen molar-refractivity contribution in [3.8, 4) is 22.9 Å². The molecule has 10 rings (SSSR count). The molecule has 2 aliphatic rings. The van der Waals surface area contributed by atoms with Gasteiger partial charge in [-0.05, 0) is 132 Å². The molecule has 0 saturated heterocycles. The monoisotopic (exact) mass is 1110 g/mol. The van der Waals surface area contributed by atoms with Gasteiger partial charge < -0.3 is 20.1 Å². The maximum absolute atomic E-state index is 15.5. The number of sulfone groups is 2. The summed E-state index contributed by atoms with van der Waals surface area (Å²) in [6.45, 7) is -0.864. The molecule has 0 unspecified atom stereocenters. The number of rotatable bonds is 14. The Hall–Kier alpha value is -7.38. The standard InChI is InChI=1S/2C28H25ClFN3O4S/c2*1-37-25-12-10-21(29)14-26(25)38(35,36)17-27(34)31-16-24(30)23-8-4-7-20-15-32-33(28(20)23)22-11-9-18-5-2-3-6-19(18)13-22/h2*2-3,5-6,9-15H,4,7-8,16-17H2,1H3,(H,31,34)/b24-23+;24-23-. The number of hydrogen-bond acceptors (Lipinski definition) is 10. The van der Waals surface area contributed by atoms with Crippen LogP contribution < -0.4 is 20.1 Å². The van der Waals surface area contributed by atoms with E-state index >= 15 is 8.78 Å². The summed E-state index contributed by atoms with van der Waals surface area (Å²) in [6, 6.07) is 36.1. The summed E-state index contributed by atoms with van der Waals surface area (Å²) in [7, 11) is -5.50. The van der Waals surface area contributed by atoms with E-state index in [1.165, 1.54) is 50.6 Å². The van der Waals surface area contributed by atoms with Gasteiger partial charge in [0.25, 0.3) is 0 Å². The summed E-state index contributed by atoms with van der Waals surface area (Å²) >= 11 is 11.9. The first-order valence-electron chi connectivity index (χ1n) is 24.1. The Morgan fingerprint density at radius 3 is 1.34 bits per heavy atom. The van der Waals surface area contributed by atoms with Crippen molar-refractivity contribution < 1.29 is 44.7 Å². The van der Waals surface area contributed by atoms with Crippen LogP contribution in [0.2, 0.25) is 10.0 Å². The SMILES string of the molecule is COc1ccc(Cl)cc1S(=O)(=O)CC(=O)NC/C(F)=C1/CCCc2cnn(-c3ccc4ccccc4c3)c21.COc1ccc(Cl)cc1S(=O)(=O)CC(=O)NC/C(F)=C1\CCCc2cnn(-c3ccc4ccccc4c3)c21. The van der Waals surface area contributed by atoms with Crippen molar-refractivity contribution in [3.63, 3.8) is 0 Å². The van der Waals surface area contributed by atoms with E-state index in [-0.39, 0.29) is 31.3 Å². The number of nitrogens with zero attached hydrogens (tertiary/aromatic N) is 4. The number of amides is 2. The maximum atomic E-state index is 15.5. The summed E-state index contributed by atoms with van der Waals surface area (Å²) in [5.41, 5.74) is 5.73. The summed E-state index contributed by atoms with van der Waals surface area (Å²) in [4.78, 5) is 24.7. The average Bonchev–Trinajstić information content (AvgIpc) is 4.10. The van der Waals surface area contributed by atoms with E-state index in [0.717, 1.165) is 69.7 Å². The molecule has 0 atom stereocenters. The number of ether oxygens (including phenoxy) is 2. The topological polar surface area (TPSA) is 181 Å². The van der Waals surface area contributed by atoms with Gasteiger partial charge in [-0.2, -0.15) is 10.2 Å². The van der Waals surface area contributed by atoms with Gasteiger partial charge >= 0.3 is 0 Å². The summed E-state index contributed by atoms with van der Waals surface area (Å²) in [5, 5.41) is 18.5. The number of nitrogens with one attached hydrogen (secondary N) is 2. The van der Waals surface area contributed by atoms with E-state index in [1.807, 2.05) is 84.9 Å². The molecule has 0 radical (unpaired) electrons. The van der Waals surface area contributed by atoms with Gasteiger partial charge in [0.05, 0.1) is 62.5 Å². The van der Waals surface area contributed by atoms with Crippen LogP contribution in [0.15, 0.2) is 155 Å². The van der Waals surface area contributed by atoms with Gasteiger partial charge in [-0.15, -0.1) is 0 Å². The second-order valence-electron chi connectivity index (χ2n) is 18.1. The lowest BCUT2D eigenvalue weighted by Gasteiger charge is -2.19. The van der Waals surface area contributed by atoms with E-state index in [0.29, 0.717) is 35.4 Å². The van der Waals surface area contributed by atoms with Crippen LogP contribution in [0.1, 0.15) is 48.2 Å². The number of hydrogen-bond donors (Lipinski definition) is 2. The van der Waals surface area contributed by atoms with E-state index in [2.05, 4.69) is 20.8 Å². The maximum Gasteiger partial charge on any atom is 0.235 e. The smallest absolute Gasteiger partial charge is 0.235 e. The second-order valence-corrected chi connectivity index (χ2v) is 22.8. The van der Waals surface area contributed by atoms with Crippen LogP contribution in [0.25, 0.3) is 44.1 Å². The highest BCUT2D eigenvalue weighted by molar-refractivity contribution is 7.92. The third kappa shape index (κ3) is 11.7. The molecule has 0 saturated carbocycles. The third-order valence-electron chi connectivity index (χ3n) is 13.1. The minimum Gasteiger partial charge on any atom is -0.495 e. The van der Waals surface area contributed by atoms with Crippen LogP contribution in [-0.4, -0.2) is 87.0 Å². The zero-order chi connectivity index (χ0) is 53.7. The molecule has 0 aliphatic heterocycles. The first kappa shape index (κ1) is 53.4. The molecule has 2 heterocycles. The Morgan fingerprint density at radius 2 is 0.947 bits per heavy atom. The zero-order valence-electron chi connectivity index (χ0n) is 41.2. The normalized spacial score (nSPS) is 14.7. The van der Waals surface area contributed by atoms with Crippen LogP contribution in [0.3, 0.4) is 0 Å². The van der Waals surface area contributed by atoms with Crippen molar-refractivity contribution in [2.75, 3.05) is 38.8 Å². The summed E-state index contributed by atoms with van der Waals surface area (Å²) < 4.78 is 96.0. The quantitative estimate of drug-likeness (QED) is 0.106. The Morgan fingerprint density at radius 1 is 0.553 bits per heavy atom. The Balaban J connectivity index is 0.000000186. The van der Waals surface area contributed by atoms with Gasteiger partial charge in [0.2, 0.25) is 11.8 Å². The largest absolute Gasteiger partial charge is 0.495 e. The Bertz CT molecular complexity index is 3610. The van der Waals surface area contributed by atoms with Crippen molar-refractivity contribution in [1.82, 2.24) is 30.2 Å². The van der Waals surface area contributed by atoms with Crippen molar-refractivity contribution in [1.29, 1.82) is 0 Å². The predicted octanol–water partition coefficient (Wildman–Crippen LogP) is 10.6. The molecule has 20 heteroatoms. The average molecular weight is 1110 g/mol. The fourth-order valence-corrected chi connectivity index (χ4v) is 12.6. The van der Waals surface area contributed by atoms with E-state index in [1.54, 1.807) is 21.8 Å². The van der Waals surface area contributed by atoms with Gasteiger partial charge in [0.1, 0.15) is 44.4 Å². The summed E-state index contributed by atoms with van der Waals surface area (Å²) in [6.07, 6.45) is 7.49. The molecule has 2 aromatic heterocycles. The number of carbonyl (C=O) groups is 2. The van der Waals surface area contributed by atoms with Gasteiger partial charge in [-0.3, -0.25) is 9.59 Å². The molecule has 0 bridgehead atoms. The minimum absolute atomic E-state index is 0.0761. The molecule has 0 fully saturated rings. The van der Waals surface area contributed by atoms with Gasteiger partial charge in [0.15, 0.2) is 19.7 Å². The van der Waals surface area contributed by atoms with Crippen LogP contribution in [0.4, 0.5) is 8.78 Å². The molecular weight excluding hydrogens is 1060 g/mol. The van der Waals surface area contributed by atoms with E-state index in [9.17, 15) is 26.4 Å². The molecule has 8 aromatic rings.